The summed E-state index contributed by atoms with van der Waals surface area (Å²) < 4.78 is 27.9. The summed E-state index contributed by atoms with van der Waals surface area (Å²) in [5.74, 6) is -0.803. The van der Waals surface area contributed by atoms with Crippen LogP contribution in [0.3, 0.4) is 0 Å². The zero-order valence-corrected chi connectivity index (χ0v) is 18.4. The predicted octanol–water partition coefficient (Wildman–Crippen LogP) is 5.43. The number of halogens is 2. The molecule has 0 bridgehead atoms. The van der Waals surface area contributed by atoms with Gasteiger partial charge in [0.25, 0.3) is 5.91 Å². The van der Waals surface area contributed by atoms with Crippen molar-refractivity contribution in [3.8, 4) is 0 Å². The molecule has 30 heavy (non-hydrogen) atoms. The van der Waals surface area contributed by atoms with Crippen LogP contribution in [0.4, 0.5) is 5.69 Å². The Kier molecular flexibility index (Phi) is 7.02. The lowest BCUT2D eigenvalue weighted by atomic mass is 10.1. The molecule has 0 aromatic heterocycles. The Hall–Kier alpha value is -2.54. The normalized spacial score (nSPS) is 12.2. The minimum absolute atomic E-state index is 0.179. The van der Waals surface area contributed by atoms with E-state index in [2.05, 4.69) is 10.0 Å². The van der Waals surface area contributed by atoms with E-state index in [1.807, 2.05) is 37.3 Å². The monoisotopic (exact) mass is 462 g/mol. The van der Waals surface area contributed by atoms with Crippen LogP contribution in [-0.4, -0.2) is 14.3 Å². The summed E-state index contributed by atoms with van der Waals surface area (Å²) >= 11 is 12.2. The first-order valence-corrected chi connectivity index (χ1v) is 11.6. The van der Waals surface area contributed by atoms with Crippen molar-refractivity contribution in [3.05, 3.63) is 99.5 Å². The molecule has 2 N–H and O–H groups in total. The Labute approximate surface area is 186 Å². The van der Waals surface area contributed by atoms with Gasteiger partial charge < -0.3 is 5.32 Å². The van der Waals surface area contributed by atoms with Gasteiger partial charge in [0.15, 0.2) is 0 Å². The van der Waals surface area contributed by atoms with E-state index < -0.39 is 15.8 Å². The maximum absolute atomic E-state index is 12.8. The van der Waals surface area contributed by atoms with Crippen molar-refractivity contribution in [2.45, 2.75) is 18.7 Å². The molecule has 0 aliphatic heterocycles. The van der Waals surface area contributed by atoms with Crippen LogP contribution in [0.1, 0.15) is 34.5 Å². The maximum Gasteiger partial charge on any atom is 0.253 e. The second kappa shape index (κ2) is 9.51. The van der Waals surface area contributed by atoms with Crippen LogP contribution < -0.4 is 10.0 Å². The van der Waals surface area contributed by atoms with Crippen LogP contribution in [0.15, 0.2) is 72.8 Å². The van der Waals surface area contributed by atoms with Crippen LogP contribution in [0.5, 0.6) is 0 Å². The van der Waals surface area contributed by atoms with Crippen LogP contribution in [0.2, 0.25) is 10.0 Å². The van der Waals surface area contributed by atoms with Crippen molar-refractivity contribution in [2.75, 3.05) is 4.72 Å². The summed E-state index contributed by atoms with van der Waals surface area (Å²) in [5, 5.41) is 3.41. The molecule has 0 heterocycles. The quantitative estimate of drug-likeness (QED) is 0.491. The standard InChI is InChI=1S/C22H20Cl2N2O3S/c1-15(16-8-3-2-4-9-16)25-22(27)17-10-5-6-13-21(17)26-30(28,29)14-18-19(23)11-7-12-20(18)24/h2-13,15,26H,14H2,1H3,(H,25,27)/t15-/m1/s1. The third-order valence-corrected chi connectivity index (χ3v) is 6.39. The third-order valence-electron chi connectivity index (χ3n) is 4.48. The average Bonchev–Trinajstić information content (AvgIpc) is 2.71. The second-order valence-electron chi connectivity index (χ2n) is 6.71. The highest BCUT2D eigenvalue weighted by atomic mass is 35.5. The van der Waals surface area contributed by atoms with Crippen molar-refractivity contribution in [1.82, 2.24) is 5.32 Å². The predicted molar refractivity (Wildman–Crippen MR) is 121 cm³/mol. The van der Waals surface area contributed by atoms with E-state index >= 15 is 0 Å². The number of hydrogen-bond donors (Lipinski definition) is 2. The highest BCUT2D eigenvalue weighted by molar-refractivity contribution is 7.91. The molecule has 0 aliphatic rings. The van der Waals surface area contributed by atoms with Gasteiger partial charge in [-0.1, -0.05) is 71.7 Å². The van der Waals surface area contributed by atoms with Gasteiger partial charge in [-0.3, -0.25) is 9.52 Å². The number of para-hydroxylation sites is 1. The highest BCUT2D eigenvalue weighted by Gasteiger charge is 2.20. The van der Waals surface area contributed by atoms with Gasteiger partial charge in [0.1, 0.15) is 0 Å². The number of benzene rings is 3. The number of carbonyl (C=O) groups is 1. The zero-order valence-electron chi connectivity index (χ0n) is 16.1. The first kappa shape index (κ1) is 22.2. The van der Waals surface area contributed by atoms with Gasteiger partial charge in [-0.2, -0.15) is 0 Å². The first-order valence-electron chi connectivity index (χ1n) is 9.15. The Morgan fingerprint density at radius 2 is 1.50 bits per heavy atom. The van der Waals surface area contributed by atoms with Crippen molar-refractivity contribution in [3.63, 3.8) is 0 Å². The molecule has 1 amide bonds. The van der Waals surface area contributed by atoms with E-state index in [0.29, 0.717) is 5.56 Å². The number of anilines is 1. The summed E-state index contributed by atoms with van der Waals surface area (Å²) in [5.41, 5.74) is 1.64. The third kappa shape index (κ3) is 5.53. The molecule has 5 nitrogen and oxygen atoms in total. The zero-order chi connectivity index (χ0) is 21.7. The number of amides is 1. The van der Waals surface area contributed by atoms with Gasteiger partial charge in [-0.25, -0.2) is 8.42 Å². The molecule has 3 aromatic rings. The van der Waals surface area contributed by atoms with E-state index in [4.69, 9.17) is 23.2 Å². The SMILES string of the molecule is C[C@@H](NC(=O)c1ccccc1NS(=O)(=O)Cc1c(Cl)cccc1Cl)c1ccccc1. The Bertz CT molecular complexity index is 1130. The number of rotatable bonds is 7. The second-order valence-corrected chi connectivity index (χ2v) is 9.25. The fourth-order valence-electron chi connectivity index (χ4n) is 2.93. The van der Waals surface area contributed by atoms with Gasteiger partial charge in [0, 0.05) is 15.6 Å². The number of hydrogen-bond acceptors (Lipinski definition) is 3. The molecule has 1 atom stereocenters. The molecule has 0 radical (unpaired) electrons. The number of carbonyl (C=O) groups excluding carboxylic acids is 1. The largest absolute Gasteiger partial charge is 0.345 e. The number of sulfonamides is 1. The number of nitrogens with one attached hydrogen (secondary N) is 2. The summed E-state index contributed by atoms with van der Waals surface area (Å²) in [6.45, 7) is 1.86. The molecule has 8 heteroatoms. The maximum atomic E-state index is 12.8. The molecule has 3 rings (SSSR count). The van der Waals surface area contributed by atoms with E-state index in [0.717, 1.165) is 5.56 Å². The van der Waals surface area contributed by atoms with Gasteiger partial charge >= 0.3 is 0 Å². The Morgan fingerprint density at radius 3 is 2.17 bits per heavy atom. The minimum atomic E-state index is -3.87. The fraction of sp³-hybridized carbons (Fsp3) is 0.136. The lowest BCUT2D eigenvalue weighted by molar-refractivity contribution is 0.0941. The van der Waals surface area contributed by atoms with Crippen molar-refractivity contribution < 1.29 is 13.2 Å². The van der Waals surface area contributed by atoms with Gasteiger partial charge in [0.05, 0.1) is 23.0 Å². The van der Waals surface area contributed by atoms with Crippen LogP contribution >= 0.6 is 23.2 Å². The molecular formula is C22H20Cl2N2O3S. The van der Waals surface area contributed by atoms with Crippen LogP contribution in [0.25, 0.3) is 0 Å². The summed E-state index contributed by atoms with van der Waals surface area (Å²) in [4.78, 5) is 12.8. The molecule has 0 unspecified atom stereocenters. The van der Waals surface area contributed by atoms with E-state index in [9.17, 15) is 13.2 Å². The Balaban J connectivity index is 1.80. The van der Waals surface area contributed by atoms with Crippen molar-refractivity contribution in [1.29, 1.82) is 0 Å². The lowest BCUT2D eigenvalue weighted by Crippen LogP contribution is -2.28. The molecule has 3 aromatic carbocycles. The topological polar surface area (TPSA) is 75.3 Å². The summed E-state index contributed by atoms with van der Waals surface area (Å²) in [6, 6.07) is 20.5. The molecule has 0 fully saturated rings. The molecule has 0 saturated carbocycles. The molecule has 0 aliphatic carbocycles. The van der Waals surface area contributed by atoms with Gasteiger partial charge in [-0.15, -0.1) is 0 Å². The fourth-order valence-corrected chi connectivity index (χ4v) is 4.90. The van der Waals surface area contributed by atoms with E-state index in [1.165, 1.54) is 6.07 Å². The molecule has 0 spiro atoms. The molecule has 156 valence electrons. The summed E-state index contributed by atoms with van der Waals surface area (Å²) in [7, 11) is -3.87. The minimum Gasteiger partial charge on any atom is -0.345 e. The van der Waals surface area contributed by atoms with Crippen molar-refractivity contribution >= 4 is 44.8 Å². The van der Waals surface area contributed by atoms with Gasteiger partial charge in [-0.05, 0) is 36.8 Å². The Morgan fingerprint density at radius 1 is 0.900 bits per heavy atom. The average molecular weight is 463 g/mol. The van der Waals surface area contributed by atoms with E-state index in [1.54, 1.807) is 36.4 Å². The highest BCUT2D eigenvalue weighted by Crippen LogP contribution is 2.27. The van der Waals surface area contributed by atoms with Crippen LogP contribution in [-0.2, 0) is 15.8 Å². The summed E-state index contributed by atoms with van der Waals surface area (Å²) in [6.07, 6.45) is 0. The molecular weight excluding hydrogens is 443 g/mol. The first-order chi connectivity index (χ1) is 14.3. The van der Waals surface area contributed by atoms with Gasteiger partial charge in [0.2, 0.25) is 10.0 Å². The van der Waals surface area contributed by atoms with Crippen LogP contribution in [0, 0.1) is 0 Å². The lowest BCUT2D eigenvalue weighted by Gasteiger charge is -2.17. The van der Waals surface area contributed by atoms with E-state index in [-0.39, 0.29) is 33.2 Å². The smallest absolute Gasteiger partial charge is 0.253 e. The van der Waals surface area contributed by atoms with Crippen molar-refractivity contribution in [2.24, 2.45) is 0 Å². The molecule has 0 saturated heterocycles.